The molecule has 2 aliphatic rings. The van der Waals surface area contributed by atoms with E-state index in [-0.39, 0.29) is 12.2 Å². The molecule has 0 bridgehead atoms. The zero-order valence-corrected chi connectivity index (χ0v) is 12.9. The summed E-state index contributed by atoms with van der Waals surface area (Å²) in [4.78, 5) is 17.2. The minimum Gasteiger partial charge on any atom is -0.323 e. The van der Waals surface area contributed by atoms with Gasteiger partial charge in [0, 0.05) is 6.04 Å². The van der Waals surface area contributed by atoms with Crippen LogP contribution in [-0.4, -0.2) is 54.1 Å². The highest BCUT2D eigenvalue weighted by atomic mass is 16.2. The Labute approximate surface area is 117 Å². The molecule has 0 aromatic rings. The van der Waals surface area contributed by atoms with Crippen molar-refractivity contribution in [3.05, 3.63) is 0 Å². The first-order valence-electron chi connectivity index (χ1n) is 7.85. The largest absolute Gasteiger partial charge is 0.323 e. The maximum Gasteiger partial charge on any atom is 0.241 e. The van der Waals surface area contributed by atoms with Gasteiger partial charge in [0.05, 0.1) is 12.2 Å². The highest BCUT2D eigenvalue weighted by Crippen LogP contribution is 2.27. The first-order chi connectivity index (χ1) is 9.08. The van der Waals surface area contributed by atoms with E-state index in [4.69, 9.17) is 0 Å². The van der Waals surface area contributed by atoms with E-state index in [1.807, 2.05) is 0 Å². The van der Waals surface area contributed by atoms with Crippen LogP contribution in [0.4, 0.5) is 0 Å². The summed E-state index contributed by atoms with van der Waals surface area (Å²) >= 11 is 0. The number of hydrogen-bond acceptors (Lipinski definition) is 3. The molecular weight excluding hydrogens is 238 g/mol. The van der Waals surface area contributed by atoms with Gasteiger partial charge in [0.1, 0.15) is 0 Å². The van der Waals surface area contributed by atoms with Crippen molar-refractivity contribution in [1.29, 1.82) is 0 Å². The Hall–Kier alpha value is -0.610. The topological polar surface area (TPSA) is 35.6 Å². The van der Waals surface area contributed by atoms with Crippen LogP contribution in [0.15, 0.2) is 0 Å². The molecule has 0 aliphatic carbocycles. The lowest BCUT2D eigenvalue weighted by Gasteiger charge is -2.37. The van der Waals surface area contributed by atoms with Crippen LogP contribution in [0.1, 0.15) is 46.5 Å². The van der Waals surface area contributed by atoms with Gasteiger partial charge in [-0.15, -0.1) is 0 Å². The quantitative estimate of drug-likeness (QED) is 0.841. The van der Waals surface area contributed by atoms with Crippen LogP contribution in [0.3, 0.4) is 0 Å². The Kier molecular flexibility index (Phi) is 4.85. The molecule has 110 valence electrons. The Morgan fingerprint density at radius 3 is 2.47 bits per heavy atom. The highest BCUT2D eigenvalue weighted by Gasteiger charge is 2.43. The van der Waals surface area contributed by atoms with Crippen LogP contribution < -0.4 is 5.32 Å². The molecular formula is C15H29N3O. The van der Waals surface area contributed by atoms with Crippen molar-refractivity contribution in [3.8, 4) is 0 Å². The number of hydrogen-bond donors (Lipinski definition) is 1. The smallest absolute Gasteiger partial charge is 0.241 e. The zero-order valence-electron chi connectivity index (χ0n) is 12.9. The first kappa shape index (κ1) is 14.8. The van der Waals surface area contributed by atoms with Crippen molar-refractivity contribution in [1.82, 2.24) is 15.1 Å². The fourth-order valence-electron chi connectivity index (χ4n) is 3.34. The Balaban J connectivity index is 2.07. The van der Waals surface area contributed by atoms with E-state index >= 15 is 0 Å². The van der Waals surface area contributed by atoms with Gasteiger partial charge in [-0.3, -0.25) is 10.1 Å². The van der Waals surface area contributed by atoms with E-state index in [2.05, 4.69) is 42.9 Å². The van der Waals surface area contributed by atoms with Gasteiger partial charge in [0.25, 0.3) is 0 Å². The molecule has 4 nitrogen and oxygen atoms in total. The monoisotopic (exact) mass is 267 g/mol. The number of nitrogens with zero attached hydrogens (tertiary/aromatic N) is 2. The van der Waals surface area contributed by atoms with E-state index < -0.39 is 0 Å². The lowest BCUT2D eigenvalue weighted by atomic mass is 9.98. The maximum atomic E-state index is 12.7. The van der Waals surface area contributed by atoms with E-state index in [0.29, 0.717) is 17.9 Å². The predicted molar refractivity (Wildman–Crippen MR) is 77.8 cm³/mol. The normalized spacial score (nSPS) is 32.0. The van der Waals surface area contributed by atoms with Gasteiger partial charge in [-0.2, -0.15) is 0 Å². The summed E-state index contributed by atoms with van der Waals surface area (Å²) < 4.78 is 0. The van der Waals surface area contributed by atoms with Gasteiger partial charge in [-0.25, -0.2) is 0 Å². The van der Waals surface area contributed by atoms with Gasteiger partial charge in [-0.1, -0.05) is 27.2 Å². The molecule has 2 rings (SSSR count). The Morgan fingerprint density at radius 1 is 1.32 bits per heavy atom. The third-order valence-electron chi connectivity index (χ3n) is 4.91. The molecule has 2 fully saturated rings. The molecule has 2 saturated heterocycles. The lowest BCUT2D eigenvalue weighted by Crippen LogP contribution is -2.49. The maximum absolute atomic E-state index is 12.7. The van der Waals surface area contributed by atoms with Gasteiger partial charge in [0.2, 0.25) is 5.91 Å². The predicted octanol–water partition coefficient (Wildman–Crippen LogP) is 1.66. The molecule has 4 heteroatoms. The third-order valence-corrected chi connectivity index (χ3v) is 4.91. The summed E-state index contributed by atoms with van der Waals surface area (Å²) in [7, 11) is 2.17. The zero-order chi connectivity index (χ0) is 14.0. The first-order valence-corrected chi connectivity index (χ1v) is 7.85. The van der Waals surface area contributed by atoms with E-state index in [1.54, 1.807) is 0 Å². The van der Waals surface area contributed by atoms with Crippen molar-refractivity contribution >= 4 is 5.91 Å². The molecule has 0 saturated carbocycles. The van der Waals surface area contributed by atoms with Crippen LogP contribution in [0.2, 0.25) is 0 Å². The summed E-state index contributed by atoms with van der Waals surface area (Å²) in [5.74, 6) is 0.772. The van der Waals surface area contributed by atoms with Crippen molar-refractivity contribution in [2.75, 3.05) is 20.1 Å². The fraction of sp³-hybridized carbons (Fsp3) is 0.933. The van der Waals surface area contributed by atoms with Crippen molar-refractivity contribution < 1.29 is 4.79 Å². The molecule has 0 aromatic carbocycles. The minimum absolute atomic E-state index is 0.0367. The van der Waals surface area contributed by atoms with E-state index in [1.165, 1.54) is 0 Å². The second-order valence-electron chi connectivity index (χ2n) is 6.23. The van der Waals surface area contributed by atoms with Crippen LogP contribution in [0.5, 0.6) is 0 Å². The van der Waals surface area contributed by atoms with Gasteiger partial charge < -0.3 is 9.80 Å². The SMILES string of the molecule is CCC(C)C1NC(CC)N(C2CCN(C)CC2)C1=O. The number of likely N-dealkylation sites (tertiary alicyclic amines) is 1. The van der Waals surface area contributed by atoms with Crippen LogP contribution in [-0.2, 0) is 4.79 Å². The van der Waals surface area contributed by atoms with Crippen molar-refractivity contribution in [3.63, 3.8) is 0 Å². The molecule has 2 heterocycles. The number of amides is 1. The highest BCUT2D eigenvalue weighted by molar-refractivity contribution is 5.85. The van der Waals surface area contributed by atoms with Crippen molar-refractivity contribution in [2.45, 2.75) is 64.7 Å². The van der Waals surface area contributed by atoms with E-state index in [9.17, 15) is 4.79 Å². The molecule has 1 amide bonds. The molecule has 19 heavy (non-hydrogen) atoms. The summed E-state index contributed by atoms with van der Waals surface area (Å²) in [5.41, 5.74) is 0. The number of carbonyl (C=O) groups excluding carboxylic acids is 1. The molecule has 0 aromatic heterocycles. The minimum atomic E-state index is 0.0367. The molecule has 0 radical (unpaired) electrons. The summed E-state index contributed by atoms with van der Waals surface area (Å²) in [6.07, 6.45) is 4.55. The summed E-state index contributed by atoms with van der Waals surface area (Å²) in [5, 5.41) is 3.56. The Bertz CT molecular complexity index is 313. The average Bonchev–Trinajstić information content (AvgIpc) is 2.76. The Morgan fingerprint density at radius 2 is 1.95 bits per heavy atom. The van der Waals surface area contributed by atoms with Crippen LogP contribution in [0.25, 0.3) is 0 Å². The van der Waals surface area contributed by atoms with Gasteiger partial charge >= 0.3 is 0 Å². The molecule has 1 N–H and O–H groups in total. The summed E-state index contributed by atoms with van der Waals surface area (Å²) in [6.45, 7) is 8.74. The third kappa shape index (κ3) is 2.95. The number of carbonyl (C=O) groups is 1. The van der Waals surface area contributed by atoms with E-state index in [0.717, 1.165) is 38.8 Å². The van der Waals surface area contributed by atoms with Crippen molar-refractivity contribution in [2.24, 2.45) is 5.92 Å². The van der Waals surface area contributed by atoms with Gasteiger partial charge in [-0.05, 0) is 45.3 Å². The second kappa shape index (κ2) is 6.23. The molecule has 3 atom stereocenters. The fourth-order valence-corrected chi connectivity index (χ4v) is 3.34. The lowest BCUT2D eigenvalue weighted by molar-refractivity contribution is -0.134. The van der Waals surface area contributed by atoms with Crippen LogP contribution >= 0.6 is 0 Å². The standard InChI is InChI=1S/C15H29N3O/c1-5-11(3)14-15(19)18(13(6-2)16-14)12-7-9-17(4)10-8-12/h11-14,16H,5-10H2,1-4H3. The molecule has 0 spiro atoms. The number of nitrogens with one attached hydrogen (secondary N) is 1. The van der Waals surface area contributed by atoms with Gasteiger partial charge in [0.15, 0.2) is 0 Å². The second-order valence-corrected chi connectivity index (χ2v) is 6.23. The average molecular weight is 267 g/mol. The number of rotatable bonds is 4. The number of piperidine rings is 1. The van der Waals surface area contributed by atoms with Crippen LogP contribution in [0, 0.1) is 5.92 Å². The molecule has 2 aliphatic heterocycles. The molecule has 3 unspecified atom stereocenters. The summed E-state index contributed by atoms with van der Waals surface area (Å²) in [6, 6.07) is 0.477.